The van der Waals surface area contributed by atoms with Crippen molar-refractivity contribution in [1.29, 1.82) is 0 Å². The Labute approximate surface area is 58.1 Å². The molecule has 4 heteroatoms. The van der Waals surface area contributed by atoms with Crippen molar-refractivity contribution in [3.8, 4) is 0 Å². The third-order valence-electron chi connectivity index (χ3n) is 1.05. The van der Waals surface area contributed by atoms with Gasteiger partial charge in [0.1, 0.15) is 0 Å². The zero-order valence-electron chi connectivity index (χ0n) is 5.48. The third-order valence-corrected chi connectivity index (χ3v) is 1.05. The monoisotopic (exact) mass is 144 g/mol. The van der Waals surface area contributed by atoms with Gasteiger partial charge >= 0.3 is 5.97 Å². The topological polar surface area (TPSA) is 55.8 Å². The second-order valence-corrected chi connectivity index (χ2v) is 1.91. The van der Waals surface area contributed by atoms with E-state index in [1.165, 1.54) is 6.08 Å². The molecular weight excluding hydrogens is 136 g/mol. The Hall–Kier alpha value is -0.870. The van der Waals surface area contributed by atoms with Gasteiger partial charge in [0.05, 0.1) is 0 Å². The lowest BCUT2D eigenvalue weighted by Crippen LogP contribution is -2.37. The van der Waals surface area contributed by atoms with E-state index in [-0.39, 0.29) is 6.29 Å². The van der Waals surface area contributed by atoms with Crippen LogP contribution in [0.15, 0.2) is 12.2 Å². The minimum Gasteiger partial charge on any atom is -0.478 e. The molecule has 1 aliphatic rings. The second kappa shape index (κ2) is 2.81. The van der Waals surface area contributed by atoms with Crippen LogP contribution in [0.25, 0.3) is 0 Å². The first-order valence-corrected chi connectivity index (χ1v) is 2.90. The van der Waals surface area contributed by atoms with Gasteiger partial charge in [-0.3, -0.25) is 0 Å². The van der Waals surface area contributed by atoms with E-state index >= 15 is 0 Å². The number of aliphatic carboxylic acids is 1. The van der Waals surface area contributed by atoms with Crippen molar-refractivity contribution in [2.24, 2.45) is 0 Å². The van der Waals surface area contributed by atoms with Gasteiger partial charge in [0.25, 0.3) is 0 Å². The first-order valence-electron chi connectivity index (χ1n) is 2.90. The molecule has 0 atom stereocenters. The van der Waals surface area contributed by atoms with E-state index < -0.39 is 12.3 Å². The molecule has 0 aromatic carbocycles. The SMILES string of the molecule is CC1OC(/C=C/C(=O)O)O1. The van der Waals surface area contributed by atoms with Crippen LogP contribution in [0.3, 0.4) is 0 Å². The fourth-order valence-electron chi connectivity index (χ4n) is 0.640. The van der Waals surface area contributed by atoms with Crippen molar-refractivity contribution in [2.75, 3.05) is 0 Å². The molecule has 0 amide bonds. The number of carboxylic acids is 1. The number of hydrogen-bond donors (Lipinski definition) is 1. The highest BCUT2D eigenvalue weighted by atomic mass is 16.9. The molecule has 0 spiro atoms. The normalized spacial score (nSPS) is 32.1. The predicted molar refractivity (Wildman–Crippen MR) is 32.2 cm³/mol. The van der Waals surface area contributed by atoms with Crippen LogP contribution in [0.2, 0.25) is 0 Å². The highest BCUT2D eigenvalue weighted by molar-refractivity contribution is 5.79. The lowest BCUT2D eigenvalue weighted by Gasteiger charge is -2.31. The van der Waals surface area contributed by atoms with Gasteiger partial charge in [0.2, 0.25) is 0 Å². The van der Waals surface area contributed by atoms with E-state index in [1.807, 2.05) is 0 Å². The van der Waals surface area contributed by atoms with Crippen molar-refractivity contribution in [2.45, 2.75) is 19.5 Å². The van der Waals surface area contributed by atoms with Crippen molar-refractivity contribution in [3.63, 3.8) is 0 Å². The maximum absolute atomic E-state index is 9.93. The van der Waals surface area contributed by atoms with Gasteiger partial charge in [-0.15, -0.1) is 0 Å². The zero-order valence-corrected chi connectivity index (χ0v) is 5.48. The molecule has 1 fully saturated rings. The average molecular weight is 144 g/mol. The number of carboxylic acid groups (broad SMARTS) is 1. The van der Waals surface area contributed by atoms with Crippen LogP contribution in [0.1, 0.15) is 6.92 Å². The first-order chi connectivity index (χ1) is 4.68. The smallest absolute Gasteiger partial charge is 0.328 e. The fourth-order valence-corrected chi connectivity index (χ4v) is 0.640. The molecule has 0 aromatic rings. The molecule has 1 saturated heterocycles. The Morgan fingerprint density at radius 2 is 2.20 bits per heavy atom. The summed E-state index contributed by atoms with van der Waals surface area (Å²) in [7, 11) is 0. The van der Waals surface area contributed by atoms with E-state index in [9.17, 15) is 4.79 Å². The highest BCUT2D eigenvalue weighted by Crippen LogP contribution is 2.15. The zero-order chi connectivity index (χ0) is 7.56. The van der Waals surface area contributed by atoms with E-state index in [2.05, 4.69) is 0 Å². The molecule has 0 bridgehead atoms. The van der Waals surface area contributed by atoms with Crippen LogP contribution in [0.4, 0.5) is 0 Å². The largest absolute Gasteiger partial charge is 0.478 e. The maximum Gasteiger partial charge on any atom is 0.328 e. The summed E-state index contributed by atoms with van der Waals surface area (Å²) >= 11 is 0. The standard InChI is InChI=1S/C6H8O4/c1-4-9-6(10-4)3-2-5(7)8/h2-4,6H,1H3,(H,7,8)/b3-2+. The molecule has 1 N–H and O–H groups in total. The summed E-state index contributed by atoms with van der Waals surface area (Å²) in [6, 6.07) is 0. The molecule has 1 rings (SSSR count). The number of ether oxygens (including phenoxy) is 2. The van der Waals surface area contributed by atoms with Crippen molar-refractivity contribution >= 4 is 5.97 Å². The molecule has 1 aliphatic heterocycles. The predicted octanol–water partition coefficient (Wildman–Crippen LogP) is 0.346. The number of carbonyl (C=O) groups is 1. The Balaban J connectivity index is 2.21. The van der Waals surface area contributed by atoms with E-state index in [4.69, 9.17) is 14.6 Å². The molecule has 0 unspecified atom stereocenters. The molecule has 1 heterocycles. The summed E-state index contributed by atoms with van der Waals surface area (Å²) < 4.78 is 9.83. The van der Waals surface area contributed by atoms with E-state index in [0.29, 0.717) is 0 Å². The second-order valence-electron chi connectivity index (χ2n) is 1.91. The molecule has 0 aromatic heterocycles. The third kappa shape index (κ3) is 1.82. The van der Waals surface area contributed by atoms with E-state index in [0.717, 1.165) is 6.08 Å². The van der Waals surface area contributed by atoms with Gasteiger partial charge < -0.3 is 14.6 Å². The molecule has 0 saturated carbocycles. The Morgan fingerprint density at radius 1 is 1.60 bits per heavy atom. The lowest BCUT2D eigenvalue weighted by molar-refractivity contribution is -0.354. The minimum absolute atomic E-state index is 0.205. The first kappa shape index (κ1) is 7.24. The van der Waals surface area contributed by atoms with Crippen molar-refractivity contribution < 1.29 is 19.4 Å². The summed E-state index contributed by atoms with van der Waals surface area (Å²) in [6.45, 7) is 1.74. The molecule has 0 radical (unpaired) electrons. The van der Waals surface area contributed by atoms with Crippen molar-refractivity contribution in [3.05, 3.63) is 12.2 Å². The molecule has 10 heavy (non-hydrogen) atoms. The van der Waals surface area contributed by atoms with Crippen LogP contribution in [-0.4, -0.2) is 23.7 Å². The average Bonchev–Trinajstić information content (AvgIpc) is 1.77. The number of rotatable bonds is 2. The Morgan fingerprint density at radius 3 is 2.60 bits per heavy atom. The van der Waals surface area contributed by atoms with Gasteiger partial charge in [-0.2, -0.15) is 0 Å². The summed E-state index contributed by atoms with van der Waals surface area (Å²) in [5.41, 5.74) is 0. The van der Waals surface area contributed by atoms with Crippen LogP contribution in [0, 0.1) is 0 Å². The Kier molecular flexibility index (Phi) is 2.03. The van der Waals surface area contributed by atoms with Crippen LogP contribution in [-0.2, 0) is 14.3 Å². The molecule has 56 valence electrons. The summed E-state index contributed by atoms with van der Waals surface area (Å²) in [5, 5.41) is 8.15. The minimum atomic E-state index is -0.994. The van der Waals surface area contributed by atoms with Crippen molar-refractivity contribution in [1.82, 2.24) is 0 Å². The van der Waals surface area contributed by atoms with E-state index in [1.54, 1.807) is 6.92 Å². The van der Waals surface area contributed by atoms with Gasteiger partial charge in [-0.05, 0) is 13.0 Å². The highest BCUT2D eigenvalue weighted by Gasteiger charge is 2.23. The van der Waals surface area contributed by atoms with Crippen LogP contribution < -0.4 is 0 Å². The Bertz CT molecular complexity index is 157. The summed E-state index contributed by atoms with van der Waals surface area (Å²) in [5.74, 6) is -0.994. The molecular formula is C6H8O4. The quantitative estimate of drug-likeness (QED) is 0.568. The lowest BCUT2D eigenvalue weighted by atomic mass is 10.4. The van der Waals surface area contributed by atoms with Gasteiger partial charge in [-0.25, -0.2) is 4.79 Å². The fraction of sp³-hybridized carbons (Fsp3) is 0.500. The molecule has 0 aliphatic carbocycles. The maximum atomic E-state index is 9.93. The van der Waals surface area contributed by atoms with Gasteiger partial charge in [0.15, 0.2) is 12.6 Å². The van der Waals surface area contributed by atoms with Crippen LogP contribution >= 0.6 is 0 Å². The summed E-state index contributed by atoms with van der Waals surface area (Å²) in [4.78, 5) is 9.93. The number of hydrogen-bond acceptors (Lipinski definition) is 3. The van der Waals surface area contributed by atoms with Crippen LogP contribution in [0.5, 0.6) is 0 Å². The summed E-state index contributed by atoms with van der Waals surface area (Å²) in [6.07, 6.45) is 1.67. The molecule has 4 nitrogen and oxygen atoms in total. The van der Waals surface area contributed by atoms with Gasteiger partial charge in [-0.1, -0.05) is 0 Å². The van der Waals surface area contributed by atoms with Gasteiger partial charge in [0, 0.05) is 6.08 Å².